The molecular weight excluding hydrogens is 503 g/mol. The van der Waals surface area contributed by atoms with E-state index < -0.39 is 13.3 Å². The van der Waals surface area contributed by atoms with Crippen molar-refractivity contribution in [3.63, 3.8) is 0 Å². The maximum Gasteiger partial charge on any atom is 0 e. The van der Waals surface area contributed by atoms with Crippen LogP contribution in [-0.2, 0) is 20.1 Å². The Kier molecular flexibility index (Phi) is 13.1. The molecule has 2 aromatic rings. The van der Waals surface area contributed by atoms with E-state index in [1.54, 1.807) is 0 Å². The van der Waals surface area contributed by atoms with Crippen molar-refractivity contribution in [2.45, 2.75) is 17.3 Å². The monoisotopic (exact) mass is 529 g/mol. The first kappa shape index (κ1) is 22.8. The van der Waals surface area contributed by atoms with E-state index in [0.717, 1.165) is 25.5 Å². The van der Waals surface area contributed by atoms with Crippen molar-refractivity contribution in [1.82, 2.24) is 4.98 Å². The molecule has 1 heterocycles. The summed E-state index contributed by atoms with van der Waals surface area (Å²) in [7, 11) is 2.00. The third-order valence-electron chi connectivity index (χ3n) is 2.61. The molecule has 0 saturated carbocycles. The van der Waals surface area contributed by atoms with Crippen LogP contribution in [0, 0.1) is 6.07 Å². The molecular formula is C16H24GeIrNO2-. The quantitative estimate of drug-likeness (QED) is 0.466. The van der Waals surface area contributed by atoms with E-state index in [2.05, 4.69) is 40.5 Å². The van der Waals surface area contributed by atoms with E-state index >= 15 is 0 Å². The average Bonchev–Trinajstić information content (AvgIpc) is 2.51. The van der Waals surface area contributed by atoms with E-state index in [1.807, 2.05) is 30.5 Å². The van der Waals surface area contributed by atoms with Gasteiger partial charge in [0.15, 0.2) is 0 Å². The summed E-state index contributed by atoms with van der Waals surface area (Å²) >= 11 is -1.72. The molecule has 1 aromatic heterocycles. The van der Waals surface area contributed by atoms with Gasteiger partial charge in [-0.2, -0.15) is 0 Å². The minimum atomic E-state index is -1.72. The van der Waals surface area contributed by atoms with Crippen LogP contribution in [0.1, 0.15) is 0 Å². The fourth-order valence-electron chi connectivity index (χ4n) is 1.55. The van der Waals surface area contributed by atoms with Crippen LogP contribution in [0.3, 0.4) is 0 Å². The zero-order valence-electron chi connectivity index (χ0n) is 13.2. The summed E-state index contributed by atoms with van der Waals surface area (Å²) in [5.41, 5.74) is 2.08. The van der Waals surface area contributed by atoms with Crippen LogP contribution in [0.5, 0.6) is 0 Å². The number of pyridine rings is 1. The molecule has 0 aliphatic heterocycles. The largest absolute Gasteiger partial charge is 0 e. The molecule has 0 aliphatic rings. The van der Waals surface area contributed by atoms with Crippen molar-refractivity contribution in [3.8, 4) is 11.3 Å². The van der Waals surface area contributed by atoms with E-state index in [1.165, 1.54) is 4.40 Å². The third-order valence-corrected chi connectivity index (χ3v) is 6.87. The Hall–Kier alpha value is -0.518. The van der Waals surface area contributed by atoms with Crippen molar-refractivity contribution in [2.24, 2.45) is 0 Å². The molecule has 2 rings (SSSR count). The summed E-state index contributed by atoms with van der Waals surface area (Å²) in [6.07, 6.45) is 2.04. The zero-order chi connectivity index (χ0) is 15.6. The molecule has 0 atom stereocenters. The fourth-order valence-corrected chi connectivity index (χ4v) is 3.72. The Bertz CT molecular complexity index is 470. The van der Waals surface area contributed by atoms with Gasteiger partial charge >= 0.3 is 99.8 Å². The summed E-state index contributed by atoms with van der Waals surface area (Å²) in [6, 6.07) is 15.5. The van der Waals surface area contributed by atoms with E-state index in [-0.39, 0.29) is 20.1 Å². The molecule has 0 unspecified atom stereocenters. The molecule has 3 nitrogen and oxygen atoms in total. The first-order valence-electron chi connectivity index (χ1n) is 6.40. The number of rotatable bonds is 2. The van der Waals surface area contributed by atoms with Crippen molar-refractivity contribution < 1.29 is 30.3 Å². The number of hydrogen-bond acceptors (Lipinski definition) is 3. The van der Waals surface area contributed by atoms with Crippen LogP contribution in [0.15, 0.2) is 42.6 Å². The summed E-state index contributed by atoms with van der Waals surface area (Å²) in [6.45, 7) is 0. The van der Waals surface area contributed by atoms with E-state index in [0.29, 0.717) is 0 Å². The maximum atomic E-state index is 7.00. The Morgan fingerprint density at radius 2 is 1.57 bits per heavy atom. The van der Waals surface area contributed by atoms with Gasteiger partial charge in [-0.3, -0.25) is 0 Å². The van der Waals surface area contributed by atoms with Crippen LogP contribution in [0.25, 0.3) is 11.3 Å². The molecule has 1 radical (unpaired) electrons. The Balaban J connectivity index is 0. The first-order chi connectivity index (χ1) is 9.57. The molecule has 5 heteroatoms. The van der Waals surface area contributed by atoms with Gasteiger partial charge in [0.1, 0.15) is 0 Å². The zero-order valence-corrected chi connectivity index (χ0v) is 17.7. The normalized spacial score (nSPS) is 9.29. The predicted molar refractivity (Wildman–Crippen MR) is 87.8 cm³/mol. The third kappa shape index (κ3) is 7.88. The minimum Gasteiger partial charge on any atom is 0 e. The molecule has 21 heavy (non-hydrogen) atoms. The predicted octanol–water partition coefficient (Wildman–Crippen LogP) is 2.31. The van der Waals surface area contributed by atoms with Gasteiger partial charge in [0.2, 0.25) is 0 Å². The number of aliphatic hydroxyl groups is 2. The molecule has 0 amide bonds. The van der Waals surface area contributed by atoms with Gasteiger partial charge in [-0.15, -0.1) is 0 Å². The average molecular weight is 527 g/mol. The molecule has 119 valence electrons. The Morgan fingerprint density at radius 1 is 0.952 bits per heavy atom. The fraction of sp³-hybridized carbons (Fsp3) is 0.312. The van der Waals surface area contributed by atoms with Gasteiger partial charge in [0.25, 0.3) is 0 Å². The van der Waals surface area contributed by atoms with Crippen LogP contribution in [-0.4, -0.2) is 42.7 Å². The minimum absolute atomic E-state index is 0. The van der Waals surface area contributed by atoms with E-state index in [9.17, 15) is 0 Å². The summed E-state index contributed by atoms with van der Waals surface area (Å²) in [4.78, 5) is 4.53. The van der Waals surface area contributed by atoms with Crippen molar-refractivity contribution >= 4 is 17.7 Å². The van der Waals surface area contributed by atoms with Gasteiger partial charge in [0, 0.05) is 34.3 Å². The number of benzene rings is 1. The second kappa shape index (κ2) is 12.1. The topological polar surface area (TPSA) is 53.4 Å². The number of aliphatic hydroxyl groups excluding tert-OH is 2. The number of nitrogens with zero attached hydrogens (tertiary/aromatic N) is 1. The van der Waals surface area contributed by atoms with Crippen LogP contribution in [0.2, 0.25) is 17.3 Å². The summed E-state index contributed by atoms with van der Waals surface area (Å²) < 4.78 is 1.44. The van der Waals surface area contributed by atoms with Gasteiger partial charge in [-0.05, 0) is 0 Å². The molecule has 0 saturated heterocycles. The number of aromatic nitrogens is 1. The Labute approximate surface area is 144 Å². The van der Waals surface area contributed by atoms with Gasteiger partial charge in [-0.25, -0.2) is 0 Å². The standard InChI is InChI=1S/C14H16GeN.2CH4O.Ir/c1-15(2,3)13-9-10-14(16-11-13)12-7-5-4-6-8-12;2*1-2;/h4-7,9-11H,1-3H3;2*2H,1H3;/q-1;;;. The van der Waals surface area contributed by atoms with Crippen LogP contribution < -0.4 is 4.40 Å². The molecule has 2 N–H and O–H groups in total. The van der Waals surface area contributed by atoms with Crippen molar-refractivity contribution in [3.05, 3.63) is 48.7 Å². The SMILES string of the molecule is CO.CO.[CH3][Ge]([CH3])([CH3])[c]1ccc(-c2[c-]cccc2)nc1.[Ir]. The maximum absolute atomic E-state index is 7.00. The van der Waals surface area contributed by atoms with Gasteiger partial charge in [0.05, 0.1) is 0 Å². The second-order valence-corrected chi connectivity index (χ2v) is 15.6. The molecule has 0 spiro atoms. The van der Waals surface area contributed by atoms with Crippen molar-refractivity contribution in [2.75, 3.05) is 14.2 Å². The number of hydrogen-bond donors (Lipinski definition) is 2. The Morgan fingerprint density at radius 3 is 1.95 bits per heavy atom. The molecule has 0 aliphatic carbocycles. The molecule has 0 bridgehead atoms. The smallest absolute Gasteiger partial charge is 0 e. The second-order valence-electron chi connectivity index (χ2n) is 4.96. The van der Waals surface area contributed by atoms with Crippen molar-refractivity contribution in [1.29, 1.82) is 0 Å². The summed E-state index contributed by atoms with van der Waals surface area (Å²) in [5.74, 6) is 7.14. The van der Waals surface area contributed by atoms with Crippen LogP contribution >= 0.6 is 0 Å². The van der Waals surface area contributed by atoms with Crippen LogP contribution in [0.4, 0.5) is 0 Å². The molecule has 0 fully saturated rings. The molecule has 1 aromatic carbocycles. The van der Waals surface area contributed by atoms with Gasteiger partial charge < -0.3 is 10.2 Å². The van der Waals surface area contributed by atoms with E-state index in [4.69, 9.17) is 10.2 Å². The first-order valence-corrected chi connectivity index (χ1v) is 13.7. The summed E-state index contributed by atoms with van der Waals surface area (Å²) in [5, 5.41) is 14.0. The van der Waals surface area contributed by atoms with Gasteiger partial charge in [-0.1, -0.05) is 0 Å².